The van der Waals surface area contributed by atoms with E-state index in [1.54, 1.807) is 0 Å². The Morgan fingerprint density at radius 3 is 2.52 bits per heavy atom. The summed E-state index contributed by atoms with van der Waals surface area (Å²) in [4.78, 5) is 12.8. The van der Waals surface area contributed by atoms with Crippen molar-refractivity contribution in [2.75, 3.05) is 13.2 Å². The van der Waals surface area contributed by atoms with Crippen molar-refractivity contribution in [3.63, 3.8) is 0 Å². The summed E-state index contributed by atoms with van der Waals surface area (Å²) in [6, 6.07) is 15.7. The van der Waals surface area contributed by atoms with E-state index in [1.165, 1.54) is 24.3 Å². The Kier molecular flexibility index (Phi) is 6.92. The van der Waals surface area contributed by atoms with Crippen molar-refractivity contribution < 1.29 is 17.9 Å². The lowest BCUT2D eigenvalue weighted by Crippen LogP contribution is -2.31. The van der Waals surface area contributed by atoms with E-state index in [-0.39, 0.29) is 23.5 Å². The highest BCUT2D eigenvalue weighted by Gasteiger charge is 2.21. The number of ether oxygens (including phenoxy) is 1. The Hall–Kier alpha value is -3.01. The molecule has 174 valence electrons. The molecule has 0 aliphatic carbocycles. The second-order valence-corrected chi connectivity index (χ2v) is 9.86. The summed E-state index contributed by atoms with van der Waals surface area (Å²) in [7, 11) is -3.65. The van der Waals surface area contributed by atoms with Crippen LogP contribution in [-0.4, -0.2) is 43.4 Å². The molecule has 1 amide bonds. The Morgan fingerprint density at radius 2 is 1.85 bits per heavy atom. The number of para-hydroxylation sites is 1. The molecule has 1 atom stereocenters. The SMILES string of the molecule is Cc1nn(-c2ccccc2)c(C)c1CNC(=O)c1ccc(S(=O)(=O)NC[C@H]2CCCO2)cc1. The Bertz CT molecular complexity index is 1220. The predicted molar refractivity (Wildman–Crippen MR) is 125 cm³/mol. The Morgan fingerprint density at radius 1 is 1.12 bits per heavy atom. The largest absolute Gasteiger partial charge is 0.377 e. The van der Waals surface area contributed by atoms with Gasteiger partial charge in [0.15, 0.2) is 0 Å². The second-order valence-electron chi connectivity index (χ2n) is 8.09. The van der Waals surface area contributed by atoms with Gasteiger partial charge in [-0.3, -0.25) is 4.79 Å². The van der Waals surface area contributed by atoms with Crippen LogP contribution in [0.15, 0.2) is 59.5 Å². The fourth-order valence-electron chi connectivity index (χ4n) is 3.90. The molecule has 1 aromatic heterocycles. The molecular formula is C24H28N4O4S. The third-order valence-electron chi connectivity index (χ3n) is 5.82. The van der Waals surface area contributed by atoms with Gasteiger partial charge in [-0.2, -0.15) is 5.10 Å². The number of carbonyl (C=O) groups excluding carboxylic acids is 1. The van der Waals surface area contributed by atoms with Crippen molar-refractivity contribution in [3.05, 3.63) is 77.1 Å². The van der Waals surface area contributed by atoms with Crippen LogP contribution >= 0.6 is 0 Å². The highest BCUT2D eigenvalue weighted by molar-refractivity contribution is 7.89. The first kappa shape index (κ1) is 23.2. The maximum absolute atomic E-state index is 12.7. The molecular weight excluding hydrogens is 440 g/mol. The monoisotopic (exact) mass is 468 g/mol. The highest BCUT2D eigenvalue weighted by Crippen LogP contribution is 2.18. The van der Waals surface area contributed by atoms with Crippen LogP contribution in [-0.2, 0) is 21.3 Å². The fourth-order valence-corrected chi connectivity index (χ4v) is 4.97. The van der Waals surface area contributed by atoms with E-state index in [0.29, 0.717) is 18.7 Å². The number of benzene rings is 2. The maximum Gasteiger partial charge on any atom is 0.251 e. The first-order valence-corrected chi connectivity index (χ1v) is 12.4. The normalized spacial score (nSPS) is 16.1. The highest BCUT2D eigenvalue weighted by atomic mass is 32.2. The Balaban J connectivity index is 1.39. The van der Waals surface area contributed by atoms with Gasteiger partial charge < -0.3 is 10.1 Å². The number of nitrogens with one attached hydrogen (secondary N) is 2. The molecule has 1 aliphatic rings. The molecule has 0 saturated carbocycles. The van der Waals surface area contributed by atoms with Gasteiger partial charge in [0.05, 0.1) is 22.4 Å². The molecule has 3 aromatic rings. The van der Waals surface area contributed by atoms with Gasteiger partial charge in [-0.25, -0.2) is 17.8 Å². The summed E-state index contributed by atoms with van der Waals surface area (Å²) in [5, 5.41) is 7.51. The zero-order valence-electron chi connectivity index (χ0n) is 18.7. The van der Waals surface area contributed by atoms with Crippen molar-refractivity contribution in [2.24, 2.45) is 0 Å². The summed E-state index contributed by atoms with van der Waals surface area (Å²) in [5.41, 5.74) is 4.09. The number of aromatic nitrogens is 2. The second kappa shape index (κ2) is 9.86. The van der Waals surface area contributed by atoms with E-state index < -0.39 is 10.0 Å². The minimum absolute atomic E-state index is 0.0806. The van der Waals surface area contributed by atoms with Gasteiger partial charge in [-0.05, 0) is 63.1 Å². The molecule has 0 spiro atoms. The first-order chi connectivity index (χ1) is 15.8. The maximum atomic E-state index is 12.7. The minimum Gasteiger partial charge on any atom is -0.377 e. The molecule has 2 aromatic carbocycles. The standard InChI is InChI=1S/C24H28N4O4S/c1-17-23(18(2)28(27-17)20-7-4-3-5-8-20)16-25-24(29)19-10-12-22(13-11-19)33(30,31)26-15-21-9-6-14-32-21/h3-5,7-8,10-13,21,26H,6,9,14-16H2,1-2H3,(H,25,29)/t21-/m1/s1. The van der Waals surface area contributed by atoms with Gasteiger partial charge in [0.1, 0.15) is 0 Å². The molecule has 1 fully saturated rings. The van der Waals surface area contributed by atoms with Crippen molar-refractivity contribution in [3.8, 4) is 5.69 Å². The van der Waals surface area contributed by atoms with Crippen LogP contribution in [0.4, 0.5) is 0 Å². The van der Waals surface area contributed by atoms with Crippen molar-refractivity contribution in [1.29, 1.82) is 0 Å². The van der Waals surface area contributed by atoms with E-state index in [2.05, 4.69) is 15.1 Å². The molecule has 8 nitrogen and oxygen atoms in total. The van der Waals surface area contributed by atoms with Gasteiger partial charge in [-0.1, -0.05) is 18.2 Å². The zero-order chi connectivity index (χ0) is 23.4. The molecule has 33 heavy (non-hydrogen) atoms. The van der Waals surface area contributed by atoms with E-state index in [4.69, 9.17) is 4.74 Å². The number of carbonyl (C=O) groups is 1. The molecule has 0 radical (unpaired) electrons. The number of amides is 1. The molecule has 0 bridgehead atoms. The van der Waals surface area contributed by atoms with E-state index >= 15 is 0 Å². The summed E-state index contributed by atoms with van der Waals surface area (Å²) in [6.45, 7) is 5.13. The zero-order valence-corrected chi connectivity index (χ0v) is 19.6. The van der Waals surface area contributed by atoms with Crippen LogP contribution in [0.25, 0.3) is 5.69 Å². The van der Waals surface area contributed by atoms with Crippen LogP contribution in [0.2, 0.25) is 0 Å². The number of sulfonamides is 1. The predicted octanol–water partition coefficient (Wildman–Crippen LogP) is 2.88. The third kappa shape index (κ3) is 5.32. The van der Waals surface area contributed by atoms with Gasteiger partial charge in [0.2, 0.25) is 10.0 Å². The number of hydrogen-bond donors (Lipinski definition) is 2. The average molecular weight is 469 g/mol. The van der Waals surface area contributed by atoms with Crippen LogP contribution < -0.4 is 10.0 Å². The smallest absolute Gasteiger partial charge is 0.251 e. The third-order valence-corrected chi connectivity index (χ3v) is 7.26. The molecule has 9 heteroatoms. The van der Waals surface area contributed by atoms with Gasteiger partial charge in [0.25, 0.3) is 5.91 Å². The Labute approximate surface area is 194 Å². The molecule has 2 heterocycles. The molecule has 2 N–H and O–H groups in total. The lowest BCUT2D eigenvalue weighted by atomic mass is 10.1. The van der Waals surface area contributed by atoms with Crippen LogP contribution in [0.1, 0.15) is 40.2 Å². The lowest BCUT2D eigenvalue weighted by molar-refractivity contribution is 0.0950. The van der Waals surface area contributed by atoms with E-state index in [9.17, 15) is 13.2 Å². The molecule has 4 rings (SSSR count). The number of hydrogen-bond acceptors (Lipinski definition) is 5. The molecule has 0 unspecified atom stereocenters. The van der Waals surface area contributed by atoms with Crippen LogP contribution in [0, 0.1) is 13.8 Å². The minimum atomic E-state index is -3.65. The summed E-state index contributed by atoms with van der Waals surface area (Å²) in [6.07, 6.45) is 1.72. The molecule has 1 aliphatic heterocycles. The number of rotatable bonds is 8. The number of aryl methyl sites for hydroxylation is 1. The van der Waals surface area contributed by atoms with Gasteiger partial charge in [-0.15, -0.1) is 0 Å². The number of nitrogens with zero attached hydrogens (tertiary/aromatic N) is 2. The van der Waals surface area contributed by atoms with E-state index in [0.717, 1.165) is 35.5 Å². The average Bonchev–Trinajstić information content (AvgIpc) is 3.45. The quantitative estimate of drug-likeness (QED) is 0.529. The fraction of sp³-hybridized carbons (Fsp3) is 0.333. The topological polar surface area (TPSA) is 102 Å². The van der Waals surface area contributed by atoms with Crippen molar-refractivity contribution >= 4 is 15.9 Å². The first-order valence-electron chi connectivity index (χ1n) is 11.0. The lowest BCUT2D eigenvalue weighted by Gasteiger charge is -2.12. The van der Waals surface area contributed by atoms with Crippen LogP contribution in [0.3, 0.4) is 0 Å². The summed E-state index contributed by atoms with van der Waals surface area (Å²) >= 11 is 0. The van der Waals surface area contributed by atoms with Crippen LogP contribution in [0.5, 0.6) is 0 Å². The summed E-state index contributed by atoms with van der Waals surface area (Å²) in [5.74, 6) is -0.280. The molecule has 1 saturated heterocycles. The summed E-state index contributed by atoms with van der Waals surface area (Å²) < 4.78 is 34.9. The van der Waals surface area contributed by atoms with Gasteiger partial charge in [0, 0.05) is 36.5 Å². The van der Waals surface area contributed by atoms with Gasteiger partial charge >= 0.3 is 0 Å². The van der Waals surface area contributed by atoms with E-state index in [1.807, 2.05) is 48.9 Å². The van der Waals surface area contributed by atoms with Crippen molar-refractivity contribution in [1.82, 2.24) is 19.8 Å². The van der Waals surface area contributed by atoms with Crippen molar-refractivity contribution in [2.45, 2.75) is 44.2 Å².